The molecule has 0 spiro atoms. The van der Waals surface area contributed by atoms with Gasteiger partial charge in [-0.1, -0.05) is 26.3 Å². The predicted molar refractivity (Wildman–Crippen MR) is 143 cm³/mol. The molecule has 0 saturated carbocycles. The summed E-state index contributed by atoms with van der Waals surface area (Å²) in [5.74, 6) is -1.02. The van der Waals surface area contributed by atoms with E-state index < -0.39 is 5.91 Å². The molecule has 3 amide bonds. The quantitative estimate of drug-likeness (QED) is 0.103. The average molecular weight is 572 g/mol. The van der Waals surface area contributed by atoms with Crippen LogP contribution in [0.3, 0.4) is 0 Å². The molecule has 0 bridgehead atoms. The van der Waals surface area contributed by atoms with E-state index in [4.69, 9.17) is 15.2 Å². The summed E-state index contributed by atoms with van der Waals surface area (Å²) in [6.45, 7) is 5.90. The molecule has 10 nitrogen and oxygen atoms in total. The van der Waals surface area contributed by atoms with Crippen molar-refractivity contribution in [2.75, 3.05) is 44.8 Å². The summed E-state index contributed by atoms with van der Waals surface area (Å²) >= 11 is 3.08. The van der Waals surface area contributed by atoms with Gasteiger partial charge in [0.2, 0.25) is 11.8 Å². The molecule has 0 aromatic heterocycles. The molecule has 6 N–H and O–H groups in total. The molecule has 11 heteroatoms. The van der Waals surface area contributed by atoms with Crippen molar-refractivity contribution in [3.8, 4) is 5.75 Å². The van der Waals surface area contributed by atoms with Gasteiger partial charge in [-0.2, -0.15) is 0 Å². The first kappa shape index (κ1) is 31.6. The number of phenols is 1. The second-order valence-electron chi connectivity index (χ2n) is 8.17. The highest BCUT2D eigenvalue weighted by atomic mass is 79.9. The number of nitrogens with one attached hydrogen (secondary N) is 3. The predicted octanol–water partition coefficient (Wildman–Crippen LogP) is 2.35. The number of carbonyl (C=O) groups excluding carboxylic acids is 3. The van der Waals surface area contributed by atoms with Crippen LogP contribution in [0.25, 0.3) is 0 Å². The van der Waals surface area contributed by atoms with Crippen LogP contribution in [0, 0.1) is 0 Å². The summed E-state index contributed by atoms with van der Waals surface area (Å²) in [7, 11) is 0. The van der Waals surface area contributed by atoms with Gasteiger partial charge in [-0.15, -0.1) is 0 Å². The lowest BCUT2D eigenvalue weighted by Gasteiger charge is -2.13. The Kier molecular flexibility index (Phi) is 16.4. The van der Waals surface area contributed by atoms with Crippen LogP contribution in [-0.4, -0.2) is 68.4 Å². The molecular formula is C25H39BrN4O6. The van der Waals surface area contributed by atoms with E-state index >= 15 is 0 Å². The monoisotopic (exact) mass is 570 g/mol. The molecule has 1 atom stereocenters. The van der Waals surface area contributed by atoms with E-state index in [0.717, 1.165) is 24.8 Å². The van der Waals surface area contributed by atoms with Crippen LogP contribution >= 0.6 is 15.9 Å². The Morgan fingerprint density at radius 1 is 1.06 bits per heavy atom. The number of hydrogen-bond donors (Lipinski definition) is 5. The van der Waals surface area contributed by atoms with Crippen molar-refractivity contribution >= 4 is 39.3 Å². The average Bonchev–Trinajstić information content (AvgIpc) is 2.83. The van der Waals surface area contributed by atoms with Crippen LogP contribution in [0.4, 0.5) is 5.69 Å². The highest BCUT2D eigenvalue weighted by Gasteiger charge is 2.10. The van der Waals surface area contributed by atoms with Crippen LogP contribution in [0.5, 0.6) is 5.75 Å². The van der Waals surface area contributed by atoms with Gasteiger partial charge in [-0.05, 0) is 52.9 Å². The van der Waals surface area contributed by atoms with E-state index in [1.807, 2.05) is 6.92 Å². The van der Waals surface area contributed by atoms with Gasteiger partial charge in [0, 0.05) is 25.2 Å². The van der Waals surface area contributed by atoms with E-state index in [2.05, 4.69) is 38.8 Å². The Morgan fingerprint density at radius 2 is 1.78 bits per heavy atom. The smallest absolute Gasteiger partial charge is 0.258 e. The Labute approximate surface area is 221 Å². The van der Waals surface area contributed by atoms with E-state index in [9.17, 15) is 19.5 Å². The number of anilines is 1. The van der Waals surface area contributed by atoms with Crippen LogP contribution < -0.4 is 21.7 Å². The third kappa shape index (κ3) is 14.2. The van der Waals surface area contributed by atoms with Gasteiger partial charge in [0.15, 0.2) is 0 Å². The zero-order valence-electron chi connectivity index (χ0n) is 21.1. The van der Waals surface area contributed by atoms with E-state index in [1.165, 1.54) is 6.08 Å². The molecule has 0 fully saturated rings. The lowest BCUT2D eigenvalue weighted by atomic mass is 10.0. The molecule has 1 aromatic rings. The van der Waals surface area contributed by atoms with E-state index in [1.54, 1.807) is 18.2 Å². The Bertz CT molecular complexity index is 865. The maximum atomic E-state index is 12.2. The maximum Gasteiger partial charge on any atom is 0.258 e. The number of aromatic hydroxyl groups is 1. The summed E-state index contributed by atoms with van der Waals surface area (Å²) in [6.07, 6.45) is 4.70. The molecule has 0 saturated heterocycles. The molecule has 0 radical (unpaired) electrons. The molecular weight excluding hydrogens is 532 g/mol. The van der Waals surface area contributed by atoms with Crippen molar-refractivity contribution in [1.82, 2.24) is 10.6 Å². The number of benzene rings is 1. The highest BCUT2D eigenvalue weighted by molar-refractivity contribution is 9.12. The first-order valence-corrected chi connectivity index (χ1v) is 13.0. The van der Waals surface area contributed by atoms with Crippen molar-refractivity contribution in [3.05, 3.63) is 34.3 Å². The van der Waals surface area contributed by atoms with Crippen LogP contribution in [0.1, 0.15) is 45.1 Å². The van der Waals surface area contributed by atoms with Crippen molar-refractivity contribution in [2.45, 2.75) is 52.0 Å². The fourth-order valence-electron chi connectivity index (χ4n) is 3.09. The van der Waals surface area contributed by atoms with Crippen molar-refractivity contribution < 1.29 is 29.0 Å². The second kappa shape index (κ2) is 18.8. The number of nitrogens with two attached hydrogens (primary N) is 1. The van der Waals surface area contributed by atoms with Crippen LogP contribution in [0.2, 0.25) is 0 Å². The Morgan fingerprint density at radius 3 is 2.47 bits per heavy atom. The first-order chi connectivity index (χ1) is 17.3. The number of carbonyl (C=O) groups is 3. The zero-order valence-corrected chi connectivity index (χ0v) is 22.7. The van der Waals surface area contributed by atoms with Crippen molar-refractivity contribution in [1.29, 1.82) is 0 Å². The molecule has 0 heterocycles. The number of halogens is 1. The van der Waals surface area contributed by atoms with E-state index in [-0.39, 0.29) is 54.3 Å². The second-order valence-corrected chi connectivity index (χ2v) is 9.02. The lowest BCUT2D eigenvalue weighted by molar-refractivity contribution is -0.119. The van der Waals surface area contributed by atoms with Gasteiger partial charge in [-0.3, -0.25) is 14.4 Å². The minimum absolute atomic E-state index is 0.000167. The summed E-state index contributed by atoms with van der Waals surface area (Å²) in [5.41, 5.74) is 7.39. The van der Waals surface area contributed by atoms with Crippen LogP contribution in [-0.2, 0) is 30.3 Å². The van der Waals surface area contributed by atoms with E-state index in [0.29, 0.717) is 31.9 Å². The highest BCUT2D eigenvalue weighted by Crippen LogP contribution is 2.25. The first-order valence-electron chi connectivity index (χ1n) is 12.2. The number of hydrogen-bond acceptors (Lipinski definition) is 7. The molecule has 0 aliphatic carbocycles. The van der Waals surface area contributed by atoms with Gasteiger partial charge in [-0.25, -0.2) is 0 Å². The van der Waals surface area contributed by atoms with Crippen molar-refractivity contribution in [3.63, 3.8) is 0 Å². The zero-order chi connectivity index (χ0) is 26.8. The Hall–Kier alpha value is -2.47. The maximum absolute atomic E-state index is 12.2. The molecule has 1 rings (SSSR count). The number of phenolic OH excluding ortho intramolecular Hbond substituents is 1. The molecule has 202 valence electrons. The number of ether oxygens (including phenoxy) is 2. The summed E-state index contributed by atoms with van der Waals surface area (Å²) in [4.78, 5) is 35.6. The summed E-state index contributed by atoms with van der Waals surface area (Å²) < 4.78 is 10.9. The fourth-order valence-corrected chi connectivity index (χ4v) is 3.43. The van der Waals surface area contributed by atoms with Gasteiger partial charge >= 0.3 is 0 Å². The minimum Gasteiger partial charge on any atom is -0.506 e. The third-order valence-electron chi connectivity index (χ3n) is 4.89. The van der Waals surface area contributed by atoms with Gasteiger partial charge < -0.3 is 36.3 Å². The van der Waals surface area contributed by atoms with Gasteiger partial charge in [0.25, 0.3) is 5.91 Å². The normalized spacial score (nSPS) is 12.2. The lowest BCUT2D eigenvalue weighted by Crippen LogP contribution is -2.28. The largest absolute Gasteiger partial charge is 0.506 e. The van der Waals surface area contributed by atoms with Crippen molar-refractivity contribution in [2.24, 2.45) is 5.73 Å². The number of rotatable bonds is 18. The fraction of sp³-hybridized carbons (Fsp3) is 0.560. The van der Waals surface area contributed by atoms with Gasteiger partial charge in [0.05, 0.1) is 43.0 Å². The Balaban J connectivity index is 2.17. The summed E-state index contributed by atoms with van der Waals surface area (Å²) in [5, 5.41) is 18.0. The topological polar surface area (TPSA) is 152 Å². The standard InChI is InChI=1S/C25H39BrN4O6/c1-3-5-19(27)15-18-6-7-22(31)21(16-18)30-23(32)8-11-35-13-14-36-12-10-28-24(33)17-20(26)25(34)29-9-4-2/h6-7,16-17,19,31H,3-5,8-15,27H2,1-2H3,(H,28,33)(H,29,34)(H,30,32)/b20-17+/t19-/m1/s1. The summed E-state index contributed by atoms with van der Waals surface area (Å²) in [6, 6.07) is 5.14. The van der Waals surface area contributed by atoms with Crippen LogP contribution in [0.15, 0.2) is 28.8 Å². The third-order valence-corrected chi connectivity index (χ3v) is 5.48. The molecule has 0 unspecified atom stereocenters. The molecule has 1 aromatic carbocycles. The SMILES string of the molecule is CCCNC(=O)/C(Br)=C\C(=O)NCCOCCOCCC(=O)Nc1cc(C[C@H](N)CCC)ccc1O. The number of amides is 3. The van der Waals surface area contributed by atoms with Gasteiger partial charge in [0.1, 0.15) is 5.75 Å². The molecule has 0 aliphatic rings. The molecule has 0 aliphatic heterocycles. The minimum atomic E-state index is -0.403. The molecule has 36 heavy (non-hydrogen) atoms.